The van der Waals surface area contributed by atoms with Crippen molar-refractivity contribution in [3.8, 4) is 17.2 Å². The molecule has 2 aromatic rings. The molecule has 2 aliphatic rings. The lowest BCUT2D eigenvalue weighted by atomic mass is 9.90. The van der Waals surface area contributed by atoms with Crippen LogP contribution in [0.3, 0.4) is 0 Å². The van der Waals surface area contributed by atoms with E-state index in [-0.39, 0.29) is 12.7 Å². The second-order valence-corrected chi connectivity index (χ2v) is 7.14. The van der Waals surface area contributed by atoms with Gasteiger partial charge in [0.25, 0.3) is 0 Å². The van der Waals surface area contributed by atoms with Crippen molar-refractivity contribution in [2.24, 2.45) is 0 Å². The number of carbonyl (C=O) groups is 2. The standard InChI is InChI=1S/C22H24N2O6/c1-4-28-22(26)13-5-7-15(8-6-13)23-21(25)18-17-14(9-10-24(18)2)11-16-19(20(17)27-3)30-12-29-16/h5-8,11,18H,4,9-10,12H2,1-3H3,(H,23,25)/t18-/m1/s1. The van der Waals surface area contributed by atoms with Gasteiger partial charge in [-0.2, -0.15) is 0 Å². The van der Waals surface area contributed by atoms with Crippen molar-refractivity contribution in [1.29, 1.82) is 0 Å². The molecule has 0 radical (unpaired) electrons. The minimum Gasteiger partial charge on any atom is -0.492 e. The first-order valence-electron chi connectivity index (χ1n) is 9.81. The van der Waals surface area contributed by atoms with E-state index >= 15 is 0 Å². The van der Waals surface area contributed by atoms with Crippen LogP contribution in [0.25, 0.3) is 0 Å². The number of ether oxygens (including phenoxy) is 4. The van der Waals surface area contributed by atoms with Crippen LogP contribution in [0.4, 0.5) is 5.69 Å². The maximum Gasteiger partial charge on any atom is 0.338 e. The molecule has 2 aliphatic heterocycles. The van der Waals surface area contributed by atoms with Gasteiger partial charge in [-0.15, -0.1) is 0 Å². The monoisotopic (exact) mass is 412 g/mol. The molecule has 0 saturated carbocycles. The van der Waals surface area contributed by atoms with Gasteiger partial charge in [0.05, 0.1) is 19.3 Å². The number of amides is 1. The molecule has 2 aromatic carbocycles. The summed E-state index contributed by atoms with van der Waals surface area (Å²) in [4.78, 5) is 27.1. The van der Waals surface area contributed by atoms with E-state index < -0.39 is 12.0 Å². The normalized spacial score (nSPS) is 17.2. The Bertz CT molecular complexity index is 973. The van der Waals surface area contributed by atoms with E-state index in [1.807, 2.05) is 18.0 Å². The van der Waals surface area contributed by atoms with Crippen molar-refractivity contribution in [3.05, 3.63) is 47.0 Å². The predicted molar refractivity (Wildman–Crippen MR) is 109 cm³/mol. The Morgan fingerprint density at radius 3 is 2.70 bits per heavy atom. The first-order chi connectivity index (χ1) is 14.5. The summed E-state index contributed by atoms with van der Waals surface area (Å²) in [5, 5.41) is 2.94. The number of hydrogen-bond acceptors (Lipinski definition) is 7. The molecule has 0 bridgehead atoms. The van der Waals surface area contributed by atoms with Crippen molar-refractivity contribution < 1.29 is 28.5 Å². The minimum atomic E-state index is -0.553. The molecule has 30 heavy (non-hydrogen) atoms. The first kappa shape index (κ1) is 20.0. The van der Waals surface area contributed by atoms with E-state index in [0.29, 0.717) is 35.1 Å². The van der Waals surface area contributed by atoms with Gasteiger partial charge in [0.15, 0.2) is 11.5 Å². The Hall–Kier alpha value is -3.26. The molecular weight excluding hydrogens is 388 g/mol. The summed E-state index contributed by atoms with van der Waals surface area (Å²) in [6.45, 7) is 2.92. The maximum atomic E-state index is 13.3. The number of fused-ring (bicyclic) bond motifs is 2. The molecule has 1 amide bonds. The van der Waals surface area contributed by atoms with Crippen LogP contribution < -0.4 is 19.5 Å². The summed E-state index contributed by atoms with van der Waals surface area (Å²) in [5.74, 6) is 1.12. The fourth-order valence-electron chi connectivity index (χ4n) is 3.88. The third kappa shape index (κ3) is 3.54. The van der Waals surface area contributed by atoms with E-state index in [4.69, 9.17) is 18.9 Å². The molecule has 2 heterocycles. The van der Waals surface area contributed by atoms with E-state index in [2.05, 4.69) is 5.32 Å². The van der Waals surface area contributed by atoms with Crippen molar-refractivity contribution in [2.45, 2.75) is 19.4 Å². The SMILES string of the molecule is CCOC(=O)c1ccc(NC(=O)[C@H]2c3c(cc4c(c3OC)OCO4)CCN2C)cc1. The minimum absolute atomic E-state index is 0.133. The fourth-order valence-corrected chi connectivity index (χ4v) is 3.88. The van der Waals surface area contributed by atoms with Gasteiger partial charge < -0.3 is 24.3 Å². The number of anilines is 1. The number of likely N-dealkylation sites (N-methyl/N-ethyl adjacent to an activating group) is 1. The Balaban J connectivity index is 1.62. The largest absolute Gasteiger partial charge is 0.492 e. The van der Waals surface area contributed by atoms with E-state index in [9.17, 15) is 9.59 Å². The van der Waals surface area contributed by atoms with Gasteiger partial charge in [-0.3, -0.25) is 9.69 Å². The molecule has 0 fully saturated rings. The molecule has 0 spiro atoms. The van der Waals surface area contributed by atoms with Crippen molar-refractivity contribution >= 4 is 17.6 Å². The highest BCUT2D eigenvalue weighted by molar-refractivity contribution is 5.97. The molecule has 1 N–H and O–H groups in total. The molecule has 0 saturated heterocycles. The number of nitrogens with one attached hydrogen (secondary N) is 1. The van der Waals surface area contributed by atoms with E-state index in [0.717, 1.165) is 24.1 Å². The van der Waals surface area contributed by atoms with Crippen LogP contribution in [-0.4, -0.2) is 50.9 Å². The predicted octanol–water partition coefficient (Wildman–Crippen LogP) is 2.77. The van der Waals surface area contributed by atoms with Crippen molar-refractivity contribution in [2.75, 3.05) is 39.4 Å². The lowest BCUT2D eigenvalue weighted by Gasteiger charge is -2.34. The lowest BCUT2D eigenvalue weighted by Crippen LogP contribution is -2.39. The smallest absolute Gasteiger partial charge is 0.338 e. The van der Waals surface area contributed by atoms with Crippen LogP contribution in [0, 0.1) is 0 Å². The topological polar surface area (TPSA) is 86.3 Å². The number of nitrogens with zero attached hydrogens (tertiary/aromatic N) is 1. The second-order valence-electron chi connectivity index (χ2n) is 7.14. The summed E-state index contributed by atoms with van der Waals surface area (Å²) in [6.07, 6.45) is 0.775. The van der Waals surface area contributed by atoms with Gasteiger partial charge in [-0.1, -0.05) is 0 Å². The molecule has 1 atom stereocenters. The lowest BCUT2D eigenvalue weighted by molar-refractivity contribution is -0.121. The Labute approximate surface area is 174 Å². The number of carbonyl (C=O) groups excluding carboxylic acids is 2. The van der Waals surface area contributed by atoms with Crippen LogP contribution in [0.5, 0.6) is 17.2 Å². The summed E-state index contributed by atoms with van der Waals surface area (Å²) >= 11 is 0. The number of hydrogen-bond donors (Lipinski definition) is 1. The fraction of sp³-hybridized carbons (Fsp3) is 0.364. The summed E-state index contributed by atoms with van der Waals surface area (Å²) in [7, 11) is 3.47. The number of esters is 1. The molecule has 158 valence electrons. The number of benzene rings is 2. The molecule has 8 heteroatoms. The molecule has 0 unspecified atom stereocenters. The molecule has 0 aliphatic carbocycles. The Kier molecular flexibility index (Phi) is 5.50. The molecule has 0 aromatic heterocycles. The summed E-state index contributed by atoms with van der Waals surface area (Å²) < 4.78 is 21.7. The summed E-state index contributed by atoms with van der Waals surface area (Å²) in [5.41, 5.74) is 2.82. The summed E-state index contributed by atoms with van der Waals surface area (Å²) in [6, 6.07) is 8.01. The third-order valence-electron chi connectivity index (χ3n) is 5.31. The van der Waals surface area contributed by atoms with Gasteiger partial charge in [0, 0.05) is 17.8 Å². The highest BCUT2D eigenvalue weighted by Crippen LogP contribution is 2.49. The van der Waals surface area contributed by atoms with Crippen molar-refractivity contribution in [3.63, 3.8) is 0 Å². The zero-order chi connectivity index (χ0) is 21.3. The highest BCUT2D eigenvalue weighted by Gasteiger charge is 2.37. The number of methoxy groups -OCH3 is 1. The first-order valence-corrected chi connectivity index (χ1v) is 9.81. The molecule has 8 nitrogen and oxygen atoms in total. The van der Waals surface area contributed by atoms with Crippen LogP contribution in [0.15, 0.2) is 30.3 Å². The number of rotatable bonds is 5. The van der Waals surface area contributed by atoms with Crippen LogP contribution >= 0.6 is 0 Å². The Morgan fingerprint density at radius 2 is 2.00 bits per heavy atom. The van der Waals surface area contributed by atoms with Gasteiger partial charge in [0.1, 0.15) is 6.04 Å². The van der Waals surface area contributed by atoms with Crippen molar-refractivity contribution in [1.82, 2.24) is 4.90 Å². The maximum absolute atomic E-state index is 13.3. The zero-order valence-electron chi connectivity index (χ0n) is 17.2. The molecular formula is C22H24N2O6. The zero-order valence-corrected chi connectivity index (χ0v) is 17.2. The van der Waals surface area contributed by atoms with E-state index in [1.165, 1.54) is 0 Å². The Morgan fingerprint density at radius 1 is 1.23 bits per heavy atom. The van der Waals surface area contributed by atoms with Gasteiger partial charge >= 0.3 is 5.97 Å². The second kappa shape index (κ2) is 8.23. The van der Waals surface area contributed by atoms with Gasteiger partial charge in [0.2, 0.25) is 18.4 Å². The third-order valence-corrected chi connectivity index (χ3v) is 5.31. The van der Waals surface area contributed by atoms with E-state index in [1.54, 1.807) is 38.3 Å². The van der Waals surface area contributed by atoms with Gasteiger partial charge in [-0.25, -0.2) is 4.79 Å². The molecule has 4 rings (SSSR count). The highest BCUT2D eigenvalue weighted by atomic mass is 16.7. The van der Waals surface area contributed by atoms with Gasteiger partial charge in [-0.05, 0) is 56.3 Å². The van der Waals surface area contributed by atoms with Crippen LogP contribution in [0.2, 0.25) is 0 Å². The van der Waals surface area contributed by atoms with Crippen LogP contribution in [0.1, 0.15) is 34.5 Å². The van der Waals surface area contributed by atoms with Crippen LogP contribution in [-0.2, 0) is 16.0 Å². The average Bonchev–Trinajstić information content (AvgIpc) is 3.21. The average molecular weight is 412 g/mol. The quantitative estimate of drug-likeness (QED) is 0.756.